The molecule has 0 bridgehead atoms. The Hall–Kier alpha value is -3.77. The van der Waals surface area contributed by atoms with E-state index in [4.69, 9.17) is 21.1 Å². The normalized spacial score (nSPS) is 10.0. The maximum absolute atomic E-state index is 11.0. The van der Waals surface area contributed by atoms with Crippen molar-refractivity contribution in [2.24, 2.45) is 0 Å². The maximum atomic E-state index is 11.0. The summed E-state index contributed by atoms with van der Waals surface area (Å²) in [7, 11) is 0. The first-order valence-electron chi connectivity index (χ1n) is 9.45. The lowest BCUT2D eigenvalue weighted by atomic mass is 10.2. The molecule has 0 atom stereocenters. The average Bonchev–Trinajstić information content (AvgIpc) is 2.73. The molecule has 0 unspecified atom stereocenters. The van der Waals surface area contributed by atoms with E-state index in [1.54, 1.807) is 30.3 Å². The third-order valence-corrected chi connectivity index (χ3v) is 4.36. The van der Waals surface area contributed by atoms with E-state index in [-0.39, 0.29) is 0 Å². The molecular weight excluding hydrogens is 416 g/mol. The van der Waals surface area contributed by atoms with Crippen molar-refractivity contribution in [1.82, 2.24) is 0 Å². The summed E-state index contributed by atoms with van der Waals surface area (Å²) in [6, 6.07) is 19.9. The summed E-state index contributed by atoms with van der Waals surface area (Å²) < 4.78 is 12.4. The van der Waals surface area contributed by atoms with Crippen LogP contribution in [-0.4, -0.2) is 0 Å². The van der Waals surface area contributed by atoms with Crippen LogP contribution in [0.3, 0.4) is 0 Å². The van der Waals surface area contributed by atoms with Gasteiger partial charge < -0.3 is 19.9 Å². The van der Waals surface area contributed by atoms with Crippen LogP contribution in [0.1, 0.15) is 11.1 Å². The van der Waals surface area contributed by atoms with E-state index in [9.17, 15) is 10.4 Å². The lowest BCUT2D eigenvalue weighted by molar-refractivity contribution is -0.605. The zero-order valence-electron chi connectivity index (χ0n) is 17.1. The Balaban J connectivity index is 0.000000176. The number of aryl methyl sites for hydroxylation is 2. The number of pyridine rings is 2. The van der Waals surface area contributed by atoms with Gasteiger partial charge in [-0.05, 0) is 55.8 Å². The van der Waals surface area contributed by atoms with E-state index >= 15 is 0 Å². The Morgan fingerprint density at radius 2 is 1.23 bits per heavy atom. The first-order valence-corrected chi connectivity index (χ1v) is 9.83. The molecular formula is C24H21ClN2O4. The SMILES string of the molecule is Cc1ccc(Oc2ccc[n+]([O-])c2)c(Cl)c1.Cc1ccc(Oc2ccc[n+]([O-])c2)cc1. The van der Waals surface area contributed by atoms with Crippen molar-refractivity contribution < 1.29 is 18.9 Å². The van der Waals surface area contributed by atoms with Crippen LogP contribution in [0.2, 0.25) is 5.02 Å². The molecule has 0 aliphatic rings. The van der Waals surface area contributed by atoms with E-state index in [2.05, 4.69) is 0 Å². The van der Waals surface area contributed by atoms with Gasteiger partial charge in [0, 0.05) is 12.1 Å². The van der Waals surface area contributed by atoms with Crippen LogP contribution in [0.4, 0.5) is 0 Å². The van der Waals surface area contributed by atoms with Crippen LogP contribution in [0.5, 0.6) is 23.0 Å². The monoisotopic (exact) mass is 436 g/mol. The zero-order valence-corrected chi connectivity index (χ0v) is 17.8. The highest BCUT2D eigenvalue weighted by atomic mass is 35.5. The molecule has 2 aromatic heterocycles. The molecule has 31 heavy (non-hydrogen) atoms. The molecule has 158 valence electrons. The summed E-state index contributed by atoms with van der Waals surface area (Å²) >= 11 is 6.01. The number of aromatic nitrogens is 2. The molecule has 0 radical (unpaired) electrons. The summed E-state index contributed by atoms with van der Waals surface area (Å²) in [5.74, 6) is 2.27. The maximum Gasteiger partial charge on any atom is 0.223 e. The van der Waals surface area contributed by atoms with E-state index in [1.807, 2.05) is 50.2 Å². The Kier molecular flexibility index (Phi) is 7.30. The lowest BCUT2D eigenvalue weighted by Gasteiger charge is -2.07. The van der Waals surface area contributed by atoms with Gasteiger partial charge in [-0.25, -0.2) is 0 Å². The molecule has 0 saturated heterocycles. The lowest BCUT2D eigenvalue weighted by Crippen LogP contribution is -2.23. The van der Waals surface area contributed by atoms with Crippen LogP contribution in [0.25, 0.3) is 0 Å². The molecule has 4 rings (SSSR count). The van der Waals surface area contributed by atoms with Gasteiger partial charge in [0.25, 0.3) is 0 Å². The molecule has 0 spiro atoms. The Morgan fingerprint density at radius 3 is 1.77 bits per heavy atom. The molecule has 0 fully saturated rings. The van der Waals surface area contributed by atoms with Crippen molar-refractivity contribution >= 4 is 11.6 Å². The van der Waals surface area contributed by atoms with Gasteiger partial charge >= 0.3 is 0 Å². The quantitative estimate of drug-likeness (QED) is 0.313. The molecule has 2 aromatic carbocycles. The standard InChI is InChI=1S/C12H10ClNO2.C12H11NO2/c1-9-4-5-12(11(13)7-9)16-10-3-2-6-14(15)8-10;1-10-4-6-11(7-5-10)15-12-3-2-8-13(14)9-12/h2-8H,1H3;2-9H,1H3. The minimum Gasteiger partial charge on any atom is -0.619 e. The Morgan fingerprint density at radius 1 is 0.677 bits per heavy atom. The predicted molar refractivity (Wildman–Crippen MR) is 118 cm³/mol. The Labute approximate surface area is 185 Å². The number of hydrogen-bond donors (Lipinski definition) is 0. The second-order valence-corrected chi connectivity index (χ2v) is 7.16. The van der Waals surface area contributed by atoms with Gasteiger partial charge in [-0.2, -0.15) is 9.46 Å². The van der Waals surface area contributed by atoms with Gasteiger partial charge in [0.2, 0.25) is 12.4 Å². The molecule has 4 aromatic rings. The molecule has 2 heterocycles. The number of ether oxygens (including phenoxy) is 2. The summed E-state index contributed by atoms with van der Waals surface area (Å²) in [5, 5.41) is 22.5. The van der Waals surface area contributed by atoms with Crippen LogP contribution >= 0.6 is 11.6 Å². The van der Waals surface area contributed by atoms with Crippen LogP contribution in [0, 0.1) is 24.3 Å². The number of rotatable bonds is 4. The fraction of sp³-hybridized carbons (Fsp3) is 0.0833. The van der Waals surface area contributed by atoms with E-state index < -0.39 is 0 Å². The van der Waals surface area contributed by atoms with Crippen molar-refractivity contribution in [3.63, 3.8) is 0 Å². The summed E-state index contributed by atoms with van der Waals surface area (Å²) in [6.07, 6.45) is 5.54. The number of benzene rings is 2. The van der Waals surface area contributed by atoms with Crippen molar-refractivity contribution in [1.29, 1.82) is 0 Å². The second-order valence-electron chi connectivity index (χ2n) is 6.75. The largest absolute Gasteiger partial charge is 0.619 e. The van der Waals surface area contributed by atoms with Crippen molar-refractivity contribution in [2.75, 3.05) is 0 Å². The van der Waals surface area contributed by atoms with Crippen molar-refractivity contribution in [2.45, 2.75) is 13.8 Å². The van der Waals surface area contributed by atoms with Gasteiger partial charge in [0.1, 0.15) is 11.5 Å². The minimum absolute atomic E-state index is 0.461. The first-order chi connectivity index (χ1) is 14.9. The fourth-order valence-electron chi connectivity index (χ4n) is 2.55. The molecule has 0 aliphatic heterocycles. The van der Waals surface area contributed by atoms with Crippen LogP contribution in [0.15, 0.2) is 91.5 Å². The number of nitrogens with zero attached hydrogens (tertiary/aromatic N) is 2. The van der Waals surface area contributed by atoms with Gasteiger partial charge in [-0.3, -0.25) is 0 Å². The van der Waals surface area contributed by atoms with E-state index in [1.165, 1.54) is 30.4 Å². The highest BCUT2D eigenvalue weighted by Crippen LogP contribution is 2.29. The van der Waals surface area contributed by atoms with Gasteiger partial charge in [0.05, 0.1) is 5.02 Å². The fourth-order valence-corrected chi connectivity index (χ4v) is 2.82. The van der Waals surface area contributed by atoms with Crippen LogP contribution in [-0.2, 0) is 0 Å². The number of hydrogen-bond acceptors (Lipinski definition) is 4. The number of halogens is 1. The molecule has 7 heteroatoms. The van der Waals surface area contributed by atoms with E-state index in [0.717, 1.165) is 11.3 Å². The first kappa shape index (κ1) is 21.9. The van der Waals surface area contributed by atoms with Gasteiger partial charge in [0.15, 0.2) is 23.9 Å². The van der Waals surface area contributed by atoms with Crippen molar-refractivity contribution in [3.8, 4) is 23.0 Å². The summed E-state index contributed by atoms with van der Waals surface area (Å²) in [5.41, 5.74) is 2.23. The summed E-state index contributed by atoms with van der Waals surface area (Å²) in [4.78, 5) is 0. The smallest absolute Gasteiger partial charge is 0.223 e. The van der Waals surface area contributed by atoms with Crippen LogP contribution < -0.4 is 18.9 Å². The summed E-state index contributed by atoms with van der Waals surface area (Å²) in [6.45, 7) is 3.96. The van der Waals surface area contributed by atoms with Crippen molar-refractivity contribution in [3.05, 3.63) is 118 Å². The molecule has 0 amide bonds. The third-order valence-electron chi connectivity index (χ3n) is 4.07. The molecule has 0 N–H and O–H groups in total. The third kappa shape index (κ3) is 6.90. The topological polar surface area (TPSA) is 72.3 Å². The van der Waals surface area contributed by atoms with Gasteiger partial charge in [-0.15, -0.1) is 0 Å². The Bertz CT molecular complexity index is 1150. The van der Waals surface area contributed by atoms with Gasteiger partial charge in [-0.1, -0.05) is 35.4 Å². The average molecular weight is 437 g/mol. The minimum atomic E-state index is 0.461. The molecule has 6 nitrogen and oxygen atoms in total. The highest BCUT2D eigenvalue weighted by molar-refractivity contribution is 6.32. The predicted octanol–water partition coefficient (Wildman–Crippen LogP) is 5.49. The molecule has 0 aliphatic carbocycles. The zero-order chi connectivity index (χ0) is 22.2. The second kappa shape index (κ2) is 10.3. The molecule has 0 saturated carbocycles. The highest BCUT2D eigenvalue weighted by Gasteiger charge is 2.05. The van der Waals surface area contributed by atoms with E-state index in [0.29, 0.717) is 31.7 Å².